The molecule has 3 heteroatoms. The maximum Gasteiger partial charge on any atom is 0.305 e. The SMILES string of the molecule is COC(=O)CCC1CN2CCC1CC2. The molecule has 1 unspecified atom stereocenters. The molecule has 1 atom stereocenters. The molecular formula is C11H19NO2. The van der Waals surface area contributed by atoms with E-state index in [1.165, 1.54) is 39.6 Å². The predicted molar refractivity (Wildman–Crippen MR) is 53.9 cm³/mol. The van der Waals surface area contributed by atoms with Gasteiger partial charge in [0.2, 0.25) is 0 Å². The maximum atomic E-state index is 11.0. The van der Waals surface area contributed by atoms with E-state index < -0.39 is 0 Å². The van der Waals surface area contributed by atoms with Crippen LogP contribution in [0.2, 0.25) is 0 Å². The molecule has 3 nitrogen and oxygen atoms in total. The highest BCUT2D eigenvalue weighted by Crippen LogP contribution is 2.34. The van der Waals surface area contributed by atoms with Crippen LogP contribution in [0.1, 0.15) is 25.7 Å². The number of hydrogen-bond donors (Lipinski definition) is 0. The van der Waals surface area contributed by atoms with Crippen molar-refractivity contribution in [3.63, 3.8) is 0 Å². The molecule has 3 aliphatic heterocycles. The first-order valence-electron chi connectivity index (χ1n) is 5.59. The highest BCUT2D eigenvalue weighted by Gasteiger charge is 2.33. The van der Waals surface area contributed by atoms with Crippen molar-refractivity contribution in [3.05, 3.63) is 0 Å². The number of carbonyl (C=O) groups excluding carboxylic acids is 1. The third-order valence-corrected chi connectivity index (χ3v) is 3.74. The van der Waals surface area contributed by atoms with Gasteiger partial charge in [-0.3, -0.25) is 4.79 Å². The van der Waals surface area contributed by atoms with E-state index in [9.17, 15) is 4.79 Å². The van der Waals surface area contributed by atoms with Gasteiger partial charge in [-0.2, -0.15) is 0 Å². The fourth-order valence-corrected chi connectivity index (χ4v) is 2.82. The monoisotopic (exact) mass is 197 g/mol. The molecule has 0 spiro atoms. The summed E-state index contributed by atoms with van der Waals surface area (Å²) in [7, 11) is 1.47. The van der Waals surface area contributed by atoms with Crippen LogP contribution >= 0.6 is 0 Å². The molecule has 3 rings (SSSR count). The van der Waals surface area contributed by atoms with Crippen LogP contribution in [0.15, 0.2) is 0 Å². The molecule has 0 aromatic heterocycles. The smallest absolute Gasteiger partial charge is 0.305 e. The van der Waals surface area contributed by atoms with E-state index >= 15 is 0 Å². The molecule has 80 valence electrons. The Kier molecular flexibility index (Phi) is 3.06. The van der Waals surface area contributed by atoms with Crippen molar-refractivity contribution in [2.75, 3.05) is 26.7 Å². The molecule has 3 heterocycles. The minimum absolute atomic E-state index is 0.0542. The maximum absolute atomic E-state index is 11.0. The van der Waals surface area contributed by atoms with Crippen LogP contribution in [0.5, 0.6) is 0 Å². The summed E-state index contributed by atoms with van der Waals surface area (Å²) in [6.45, 7) is 3.76. The van der Waals surface area contributed by atoms with Crippen LogP contribution in [0.4, 0.5) is 0 Å². The first kappa shape index (κ1) is 9.97. The van der Waals surface area contributed by atoms with Crippen molar-refractivity contribution in [1.29, 1.82) is 0 Å². The Morgan fingerprint density at radius 1 is 1.43 bits per heavy atom. The molecule has 3 fully saturated rings. The van der Waals surface area contributed by atoms with Crippen LogP contribution < -0.4 is 0 Å². The number of methoxy groups -OCH3 is 1. The van der Waals surface area contributed by atoms with Crippen molar-refractivity contribution in [2.45, 2.75) is 25.7 Å². The third kappa shape index (κ3) is 2.08. The van der Waals surface area contributed by atoms with Crippen LogP contribution in [0.3, 0.4) is 0 Å². The first-order chi connectivity index (χ1) is 6.79. The average Bonchev–Trinajstić information content (AvgIpc) is 2.27. The highest BCUT2D eigenvalue weighted by molar-refractivity contribution is 5.69. The number of fused-ring (bicyclic) bond motifs is 3. The molecule has 0 saturated carbocycles. The zero-order valence-corrected chi connectivity index (χ0v) is 8.87. The molecule has 2 bridgehead atoms. The van der Waals surface area contributed by atoms with Crippen LogP contribution in [0.25, 0.3) is 0 Å². The summed E-state index contributed by atoms with van der Waals surface area (Å²) in [5.41, 5.74) is 0. The second kappa shape index (κ2) is 4.30. The lowest BCUT2D eigenvalue weighted by molar-refractivity contribution is -0.141. The zero-order chi connectivity index (χ0) is 9.97. The zero-order valence-electron chi connectivity index (χ0n) is 8.87. The summed E-state index contributed by atoms with van der Waals surface area (Å²) in [5.74, 6) is 1.57. The van der Waals surface area contributed by atoms with Gasteiger partial charge in [-0.25, -0.2) is 0 Å². The molecule has 0 amide bonds. The minimum Gasteiger partial charge on any atom is -0.469 e. The summed E-state index contributed by atoms with van der Waals surface area (Å²) >= 11 is 0. The molecule has 3 aliphatic rings. The molecule has 0 aromatic carbocycles. The van der Waals surface area contributed by atoms with Gasteiger partial charge in [0.1, 0.15) is 0 Å². The van der Waals surface area contributed by atoms with E-state index in [4.69, 9.17) is 0 Å². The van der Waals surface area contributed by atoms with Gasteiger partial charge in [0, 0.05) is 13.0 Å². The molecular weight excluding hydrogens is 178 g/mol. The van der Waals surface area contributed by atoms with Gasteiger partial charge in [0.05, 0.1) is 7.11 Å². The number of carbonyl (C=O) groups is 1. The fourth-order valence-electron chi connectivity index (χ4n) is 2.82. The summed E-state index contributed by atoms with van der Waals surface area (Å²) in [5, 5.41) is 0. The van der Waals surface area contributed by atoms with Crippen LogP contribution in [0, 0.1) is 11.8 Å². The topological polar surface area (TPSA) is 29.5 Å². The van der Waals surface area contributed by atoms with E-state index in [0.717, 1.165) is 18.3 Å². The van der Waals surface area contributed by atoms with Gasteiger partial charge in [0.15, 0.2) is 0 Å². The summed E-state index contributed by atoms with van der Waals surface area (Å²) in [6, 6.07) is 0. The summed E-state index contributed by atoms with van der Waals surface area (Å²) < 4.78 is 4.67. The second-order valence-electron chi connectivity index (χ2n) is 4.51. The Morgan fingerprint density at radius 2 is 2.14 bits per heavy atom. The van der Waals surface area contributed by atoms with E-state index in [2.05, 4.69) is 9.64 Å². The Balaban J connectivity index is 1.78. The number of rotatable bonds is 3. The normalized spacial score (nSPS) is 35.6. The van der Waals surface area contributed by atoms with Crippen molar-refractivity contribution in [2.24, 2.45) is 11.8 Å². The average molecular weight is 197 g/mol. The fraction of sp³-hybridized carbons (Fsp3) is 0.909. The first-order valence-corrected chi connectivity index (χ1v) is 5.59. The van der Waals surface area contributed by atoms with Crippen molar-refractivity contribution >= 4 is 5.97 Å². The van der Waals surface area contributed by atoms with Gasteiger partial charge in [0.25, 0.3) is 0 Å². The van der Waals surface area contributed by atoms with E-state index in [1.54, 1.807) is 0 Å². The number of ether oxygens (including phenoxy) is 1. The molecule has 3 saturated heterocycles. The van der Waals surface area contributed by atoms with Gasteiger partial charge in [-0.15, -0.1) is 0 Å². The number of piperidine rings is 3. The van der Waals surface area contributed by atoms with Crippen LogP contribution in [-0.4, -0.2) is 37.6 Å². The Labute approximate surface area is 85.4 Å². The summed E-state index contributed by atoms with van der Waals surface area (Å²) in [6.07, 6.45) is 4.30. The molecule has 0 radical (unpaired) electrons. The highest BCUT2D eigenvalue weighted by atomic mass is 16.5. The van der Waals surface area contributed by atoms with Crippen molar-refractivity contribution < 1.29 is 9.53 Å². The van der Waals surface area contributed by atoms with Gasteiger partial charge >= 0.3 is 5.97 Å². The predicted octanol–water partition coefficient (Wildman–Crippen LogP) is 1.28. The van der Waals surface area contributed by atoms with E-state index in [1.807, 2.05) is 0 Å². The largest absolute Gasteiger partial charge is 0.469 e. The van der Waals surface area contributed by atoms with Crippen molar-refractivity contribution in [1.82, 2.24) is 4.90 Å². The standard InChI is InChI=1S/C11H19NO2/c1-14-11(13)3-2-10-8-12-6-4-9(10)5-7-12/h9-10H,2-8H2,1H3. The Bertz CT molecular complexity index is 209. The quantitative estimate of drug-likeness (QED) is 0.638. The number of esters is 1. The van der Waals surface area contributed by atoms with Crippen LogP contribution in [-0.2, 0) is 9.53 Å². The van der Waals surface area contributed by atoms with Gasteiger partial charge in [-0.1, -0.05) is 0 Å². The number of hydrogen-bond acceptors (Lipinski definition) is 3. The van der Waals surface area contributed by atoms with E-state index in [-0.39, 0.29) is 5.97 Å². The molecule has 0 aliphatic carbocycles. The minimum atomic E-state index is -0.0542. The molecule has 0 N–H and O–H groups in total. The molecule has 0 aromatic rings. The van der Waals surface area contributed by atoms with Crippen molar-refractivity contribution in [3.8, 4) is 0 Å². The Hall–Kier alpha value is -0.570. The molecule has 14 heavy (non-hydrogen) atoms. The summed E-state index contributed by atoms with van der Waals surface area (Å²) in [4.78, 5) is 13.6. The lowest BCUT2D eigenvalue weighted by atomic mass is 9.77. The van der Waals surface area contributed by atoms with Gasteiger partial charge in [-0.05, 0) is 44.2 Å². The third-order valence-electron chi connectivity index (χ3n) is 3.74. The lowest BCUT2D eigenvalue weighted by Crippen LogP contribution is -2.47. The van der Waals surface area contributed by atoms with E-state index in [0.29, 0.717) is 6.42 Å². The van der Waals surface area contributed by atoms with Gasteiger partial charge < -0.3 is 9.64 Å². The Morgan fingerprint density at radius 3 is 2.64 bits per heavy atom. The lowest BCUT2D eigenvalue weighted by Gasteiger charge is -2.44. The second-order valence-corrected chi connectivity index (χ2v) is 4.51. The number of nitrogens with zero attached hydrogens (tertiary/aromatic N) is 1.